The first kappa shape index (κ1) is 17.7. The number of carbonyl (C=O) groups is 1. The van der Waals surface area contributed by atoms with Crippen molar-refractivity contribution in [1.29, 1.82) is 0 Å². The van der Waals surface area contributed by atoms with E-state index in [1.807, 2.05) is 6.08 Å². The Bertz CT molecular complexity index is 777. The number of hydrogen-bond donors (Lipinski definition) is 1. The van der Waals surface area contributed by atoms with Crippen LogP contribution in [0, 0.1) is 5.41 Å². The number of ether oxygens (including phenoxy) is 2. The van der Waals surface area contributed by atoms with E-state index in [0.29, 0.717) is 18.8 Å². The highest BCUT2D eigenvalue weighted by Crippen LogP contribution is 2.58. The van der Waals surface area contributed by atoms with Crippen LogP contribution in [0.4, 0.5) is 0 Å². The number of aliphatic hydroxyl groups is 1. The molecule has 140 valence electrons. The number of nitrogens with zero attached hydrogens (tertiary/aromatic N) is 1. The number of fused-ring (bicyclic) bond motifs is 1. The molecule has 26 heavy (non-hydrogen) atoms. The zero-order chi connectivity index (χ0) is 18.5. The number of pyridine rings is 1. The zero-order valence-corrected chi connectivity index (χ0v) is 15.8. The SMILES string of the molecule is COC(=O)c1c(C(C)C)nc2c(c1C1=CCOCC1)C(O)CC1(CC1)C2. The highest BCUT2D eigenvalue weighted by molar-refractivity contribution is 5.98. The molecular weight excluding hydrogens is 330 g/mol. The quantitative estimate of drug-likeness (QED) is 0.838. The summed E-state index contributed by atoms with van der Waals surface area (Å²) in [5.74, 6) is -0.270. The maximum Gasteiger partial charge on any atom is 0.340 e. The fourth-order valence-corrected chi connectivity index (χ4v) is 4.47. The van der Waals surface area contributed by atoms with Crippen molar-refractivity contribution >= 4 is 11.5 Å². The third kappa shape index (κ3) is 2.87. The largest absolute Gasteiger partial charge is 0.465 e. The molecule has 5 heteroatoms. The summed E-state index contributed by atoms with van der Waals surface area (Å²) >= 11 is 0. The number of hydrogen-bond acceptors (Lipinski definition) is 5. The first-order valence-electron chi connectivity index (χ1n) is 9.56. The molecule has 1 aliphatic heterocycles. The molecule has 1 aromatic heterocycles. The van der Waals surface area contributed by atoms with Gasteiger partial charge < -0.3 is 14.6 Å². The number of rotatable bonds is 3. The van der Waals surface area contributed by atoms with Crippen LogP contribution in [-0.2, 0) is 15.9 Å². The van der Waals surface area contributed by atoms with Gasteiger partial charge >= 0.3 is 5.97 Å². The molecule has 4 rings (SSSR count). The van der Waals surface area contributed by atoms with Crippen LogP contribution in [-0.4, -0.2) is 36.4 Å². The molecule has 1 spiro atoms. The minimum Gasteiger partial charge on any atom is -0.465 e. The number of aromatic nitrogens is 1. The summed E-state index contributed by atoms with van der Waals surface area (Å²) in [5.41, 5.74) is 5.28. The smallest absolute Gasteiger partial charge is 0.340 e. The summed E-state index contributed by atoms with van der Waals surface area (Å²) in [6.07, 6.45) is 6.17. The topological polar surface area (TPSA) is 68.7 Å². The van der Waals surface area contributed by atoms with E-state index in [0.717, 1.165) is 60.2 Å². The number of methoxy groups -OCH3 is 1. The fourth-order valence-electron chi connectivity index (χ4n) is 4.47. The Morgan fingerprint density at radius 2 is 2.19 bits per heavy atom. The summed E-state index contributed by atoms with van der Waals surface area (Å²) in [6.45, 7) is 5.26. The van der Waals surface area contributed by atoms with Gasteiger partial charge in [-0.15, -0.1) is 0 Å². The van der Waals surface area contributed by atoms with Crippen LogP contribution in [0.3, 0.4) is 0 Å². The third-order valence-corrected chi connectivity index (χ3v) is 6.02. The molecule has 0 bridgehead atoms. The van der Waals surface area contributed by atoms with Crippen LogP contribution in [0.15, 0.2) is 6.08 Å². The van der Waals surface area contributed by atoms with Crippen molar-refractivity contribution in [2.24, 2.45) is 5.41 Å². The molecule has 0 amide bonds. The number of carbonyl (C=O) groups excluding carboxylic acids is 1. The summed E-state index contributed by atoms with van der Waals surface area (Å²) in [5, 5.41) is 11.0. The number of esters is 1. The van der Waals surface area contributed by atoms with Gasteiger partial charge in [0.15, 0.2) is 0 Å². The normalized spacial score (nSPS) is 23.6. The van der Waals surface area contributed by atoms with Gasteiger partial charge in [-0.05, 0) is 49.0 Å². The molecular formula is C21H27NO4. The lowest BCUT2D eigenvalue weighted by Gasteiger charge is -2.33. The lowest BCUT2D eigenvalue weighted by Crippen LogP contribution is -2.27. The summed E-state index contributed by atoms with van der Waals surface area (Å²) in [4.78, 5) is 17.6. The van der Waals surface area contributed by atoms with E-state index < -0.39 is 6.10 Å². The molecule has 0 radical (unpaired) electrons. The highest BCUT2D eigenvalue weighted by atomic mass is 16.5. The molecule has 1 atom stereocenters. The molecule has 1 unspecified atom stereocenters. The molecule has 0 aromatic carbocycles. The zero-order valence-electron chi connectivity index (χ0n) is 15.8. The lowest BCUT2D eigenvalue weighted by molar-refractivity contribution is 0.0596. The monoisotopic (exact) mass is 357 g/mol. The highest BCUT2D eigenvalue weighted by Gasteiger charge is 2.49. The van der Waals surface area contributed by atoms with Crippen LogP contribution in [0.1, 0.15) is 84.4 Å². The molecule has 1 fully saturated rings. The van der Waals surface area contributed by atoms with Gasteiger partial charge in [0, 0.05) is 16.8 Å². The minimum absolute atomic E-state index is 0.0998. The van der Waals surface area contributed by atoms with Crippen molar-refractivity contribution in [3.05, 3.63) is 34.2 Å². The number of aliphatic hydroxyl groups excluding tert-OH is 1. The molecule has 2 heterocycles. The molecule has 5 nitrogen and oxygen atoms in total. The van der Waals surface area contributed by atoms with Crippen molar-refractivity contribution < 1.29 is 19.4 Å². The summed E-state index contributed by atoms with van der Waals surface area (Å²) in [6, 6.07) is 0. The van der Waals surface area contributed by atoms with E-state index in [-0.39, 0.29) is 17.3 Å². The molecule has 1 saturated carbocycles. The first-order valence-corrected chi connectivity index (χ1v) is 9.56. The second-order valence-corrected chi connectivity index (χ2v) is 8.20. The van der Waals surface area contributed by atoms with Crippen LogP contribution in [0.5, 0.6) is 0 Å². The molecule has 1 aromatic rings. The predicted molar refractivity (Wildman–Crippen MR) is 98.0 cm³/mol. The van der Waals surface area contributed by atoms with E-state index in [1.54, 1.807) is 0 Å². The lowest BCUT2D eigenvalue weighted by atomic mass is 9.76. The Morgan fingerprint density at radius 1 is 1.42 bits per heavy atom. The van der Waals surface area contributed by atoms with Crippen LogP contribution < -0.4 is 0 Å². The van der Waals surface area contributed by atoms with Crippen molar-refractivity contribution in [2.45, 2.75) is 58.0 Å². The summed E-state index contributed by atoms with van der Waals surface area (Å²) in [7, 11) is 1.41. The van der Waals surface area contributed by atoms with Gasteiger partial charge in [-0.2, -0.15) is 0 Å². The Hall–Kier alpha value is -1.72. The molecule has 3 aliphatic rings. The first-order chi connectivity index (χ1) is 12.5. The van der Waals surface area contributed by atoms with E-state index in [4.69, 9.17) is 14.5 Å². The van der Waals surface area contributed by atoms with E-state index >= 15 is 0 Å². The van der Waals surface area contributed by atoms with Crippen LogP contribution >= 0.6 is 0 Å². The maximum absolute atomic E-state index is 12.7. The second kappa shape index (κ2) is 6.46. The van der Waals surface area contributed by atoms with E-state index in [2.05, 4.69) is 13.8 Å². The Balaban J connectivity index is 1.99. The van der Waals surface area contributed by atoms with Crippen molar-refractivity contribution in [3.8, 4) is 0 Å². The second-order valence-electron chi connectivity index (χ2n) is 8.20. The molecule has 2 aliphatic carbocycles. The van der Waals surface area contributed by atoms with E-state index in [9.17, 15) is 9.90 Å². The van der Waals surface area contributed by atoms with Crippen molar-refractivity contribution in [2.75, 3.05) is 20.3 Å². The summed E-state index contributed by atoms with van der Waals surface area (Å²) < 4.78 is 10.6. The molecule has 1 N–H and O–H groups in total. The van der Waals surface area contributed by atoms with E-state index in [1.165, 1.54) is 7.11 Å². The minimum atomic E-state index is -0.572. The fraction of sp³-hybridized carbons (Fsp3) is 0.619. The van der Waals surface area contributed by atoms with Crippen LogP contribution in [0.25, 0.3) is 5.57 Å². The predicted octanol–water partition coefficient (Wildman–Crippen LogP) is 3.56. The van der Waals surface area contributed by atoms with Gasteiger partial charge in [-0.25, -0.2) is 4.79 Å². The van der Waals surface area contributed by atoms with Gasteiger partial charge in [-0.3, -0.25) is 4.98 Å². The van der Waals surface area contributed by atoms with Crippen LogP contribution in [0.2, 0.25) is 0 Å². The average Bonchev–Trinajstić information content (AvgIpc) is 3.38. The van der Waals surface area contributed by atoms with Crippen molar-refractivity contribution in [1.82, 2.24) is 4.98 Å². The van der Waals surface area contributed by atoms with Crippen molar-refractivity contribution in [3.63, 3.8) is 0 Å². The van der Waals surface area contributed by atoms with Gasteiger partial charge in [0.1, 0.15) is 0 Å². The van der Waals surface area contributed by atoms with Gasteiger partial charge in [0.05, 0.1) is 37.7 Å². The molecule has 0 saturated heterocycles. The van der Waals surface area contributed by atoms with Gasteiger partial charge in [0.2, 0.25) is 0 Å². The van der Waals surface area contributed by atoms with Gasteiger partial charge in [-0.1, -0.05) is 19.9 Å². The maximum atomic E-state index is 12.7. The standard InChI is InChI=1S/C21H27NO4/c1-12(2)19-18(20(24)25-3)16(13-4-8-26-9-5-13)17-14(22-19)10-21(6-7-21)11-15(17)23/h4,12,15,23H,5-11H2,1-3H3. The van der Waals surface area contributed by atoms with Gasteiger partial charge in [0.25, 0.3) is 0 Å². The third-order valence-electron chi connectivity index (χ3n) is 6.02. The Kier molecular flexibility index (Phi) is 4.40. The Morgan fingerprint density at radius 3 is 2.77 bits per heavy atom. The average molecular weight is 357 g/mol. The Labute approximate surface area is 154 Å².